The highest BCUT2D eigenvalue weighted by Gasteiger charge is 2.33. The molecule has 0 N–H and O–H groups in total. The van der Waals surface area contributed by atoms with Crippen LogP contribution in [0.25, 0.3) is 0 Å². The van der Waals surface area contributed by atoms with Gasteiger partial charge in [0.05, 0.1) is 11.1 Å². The van der Waals surface area contributed by atoms with Gasteiger partial charge in [-0.1, -0.05) is 5.92 Å². The highest BCUT2D eigenvalue weighted by molar-refractivity contribution is 5.91. The molecule has 2 aromatic rings. The third-order valence-electron chi connectivity index (χ3n) is 3.03. The lowest BCUT2D eigenvalue weighted by Gasteiger charge is -2.11. The lowest BCUT2D eigenvalue weighted by molar-refractivity contribution is -0.137. The van der Waals surface area contributed by atoms with E-state index in [0.29, 0.717) is 12.1 Å². The van der Waals surface area contributed by atoms with Gasteiger partial charge in [-0.05, 0) is 18.2 Å². The summed E-state index contributed by atoms with van der Waals surface area (Å²) in [4.78, 5) is 11.8. The zero-order valence-electron chi connectivity index (χ0n) is 12.1. The molecule has 0 spiro atoms. The Morgan fingerprint density at radius 2 is 1.38 bits per heavy atom. The van der Waals surface area contributed by atoms with Crippen molar-refractivity contribution in [1.82, 2.24) is 0 Å². The first-order valence-electron chi connectivity index (χ1n) is 6.39. The maximum Gasteiger partial charge on any atom is 0.416 e. The van der Waals surface area contributed by atoms with Crippen LogP contribution >= 0.6 is 0 Å². The van der Waals surface area contributed by atoms with Gasteiger partial charge in [0.1, 0.15) is 0 Å². The predicted octanol–water partition coefficient (Wildman–Crippen LogP) is 4.60. The van der Waals surface area contributed by atoms with Gasteiger partial charge in [-0.15, -0.1) is 6.42 Å². The standard InChI is InChI=1S/C16H4F8O2/c1-2-6-3-7(5-8(4-6)16(22,23)24)15(25)26-14-12(20)10(18)9(17)11(19)13(14)21/h1,3-5H. The first kappa shape index (κ1) is 19.2. The second-order valence-electron chi connectivity index (χ2n) is 4.73. The Bertz CT molecular complexity index is 912. The van der Waals surface area contributed by atoms with E-state index >= 15 is 0 Å². The number of ether oxygens (including phenoxy) is 1. The Labute approximate surface area is 140 Å². The molecule has 0 aliphatic rings. The third-order valence-corrected chi connectivity index (χ3v) is 3.03. The monoisotopic (exact) mass is 380 g/mol. The number of hydrogen-bond donors (Lipinski definition) is 0. The topological polar surface area (TPSA) is 26.3 Å². The van der Waals surface area contributed by atoms with E-state index in [9.17, 15) is 39.9 Å². The summed E-state index contributed by atoms with van der Waals surface area (Å²) in [6.45, 7) is 0. The molecule has 0 bridgehead atoms. The molecule has 0 atom stereocenters. The third kappa shape index (κ3) is 3.46. The summed E-state index contributed by atoms with van der Waals surface area (Å²) in [6, 6.07) is 1.47. The molecule has 2 nitrogen and oxygen atoms in total. The molecule has 0 aromatic heterocycles. The first-order valence-corrected chi connectivity index (χ1v) is 6.39. The number of carbonyl (C=O) groups excluding carboxylic acids is 1. The maximum absolute atomic E-state index is 13.5. The largest absolute Gasteiger partial charge is 0.416 e. The zero-order valence-corrected chi connectivity index (χ0v) is 12.1. The van der Waals surface area contributed by atoms with Gasteiger partial charge >= 0.3 is 12.1 Å². The summed E-state index contributed by atoms with van der Waals surface area (Å²) in [5, 5.41) is 0. The van der Waals surface area contributed by atoms with Gasteiger partial charge in [-0.3, -0.25) is 0 Å². The molecule has 0 unspecified atom stereocenters. The van der Waals surface area contributed by atoms with Crippen LogP contribution in [-0.4, -0.2) is 5.97 Å². The summed E-state index contributed by atoms with van der Waals surface area (Å²) >= 11 is 0. The van der Waals surface area contributed by atoms with Gasteiger partial charge < -0.3 is 4.74 Å². The van der Waals surface area contributed by atoms with E-state index in [1.165, 1.54) is 0 Å². The second-order valence-corrected chi connectivity index (χ2v) is 4.73. The smallest absolute Gasteiger partial charge is 0.416 e. The molecule has 0 heterocycles. The van der Waals surface area contributed by atoms with E-state index in [4.69, 9.17) is 6.42 Å². The quantitative estimate of drug-likeness (QED) is 0.190. The Kier molecular flexibility index (Phi) is 4.93. The van der Waals surface area contributed by atoms with Crippen molar-refractivity contribution in [3.8, 4) is 18.1 Å². The van der Waals surface area contributed by atoms with Crippen LogP contribution in [0.3, 0.4) is 0 Å². The summed E-state index contributed by atoms with van der Waals surface area (Å²) in [6.07, 6.45) is 0.0338. The van der Waals surface area contributed by atoms with E-state index in [1.54, 1.807) is 0 Å². The van der Waals surface area contributed by atoms with Crippen molar-refractivity contribution in [2.75, 3.05) is 0 Å². The summed E-state index contributed by atoms with van der Waals surface area (Å²) in [5.41, 5.74) is -2.71. The van der Waals surface area contributed by atoms with Crippen LogP contribution in [0, 0.1) is 41.4 Å². The van der Waals surface area contributed by atoms with E-state index in [0.717, 1.165) is 0 Å². The highest BCUT2D eigenvalue weighted by atomic mass is 19.4. The van der Waals surface area contributed by atoms with Crippen LogP contribution in [0.5, 0.6) is 5.75 Å². The molecule has 0 saturated heterocycles. The molecule has 0 aliphatic heterocycles. The zero-order chi connectivity index (χ0) is 19.8. The van der Waals surface area contributed by atoms with Crippen LogP contribution in [0.1, 0.15) is 21.5 Å². The van der Waals surface area contributed by atoms with E-state index in [-0.39, 0.29) is 6.07 Å². The fourth-order valence-electron chi connectivity index (χ4n) is 1.82. The molecule has 0 amide bonds. The molecule has 2 rings (SSSR count). The van der Waals surface area contributed by atoms with E-state index in [1.807, 2.05) is 5.92 Å². The van der Waals surface area contributed by atoms with Crippen molar-refractivity contribution < 1.29 is 44.7 Å². The minimum atomic E-state index is -4.92. The molecule has 136 valence electrons. The molecule has 2 aromatic carbocycles. The minimum absolute atomic E-state index is 0.245. The molecule has 26 heavy (non-hydrogen) atoms. The lowest BCUT2D eigenvalue weighted by atomic mass is 10.1. The average molecular weight is 380 g/mol. The Morgan fingerprint density at radius 1 is 0.885 bits per heavy atom. The van der Waals surface area contributed by atoms with Gasteiger partial charge in [-0.25, -0.2) is 18.0 Å². The van der Waals surface area contributed by atoms with Crippen LogP contribution in [0.4, 0.5) is 35.1 Å². The van der Waals surface area contributed by atoms with Crippen molar-refractivity contribution >= 4 is 5.97 Å². The van der Waals surface area contributed by atoms with Crippen molar-refractivity contribution in [3.63, 3.8) is 0 Å². The molecule has 10 heteroatoms. The SMILES string of the molecule is C#Cc1cc(C(=O)Oc2c(F)c(F)c(F)c(F)c2F)cc(C(F)(F)F)c1. The van der Waals surface area contributed by atoms with Gasteiger partial charge in [-0.2, -0.15) is 22.0 Å². The molecule has 0 aliphatic carbocycles. The average Bonchev–Trinajstić information content (AvgIpc) is 2.60. The molecule has 0 radical (unpaired) electrons. The lowest BCUT2D eigenvalue weighted by Crippen LogP contribution is -2.15. The molecular formula is C16H4F8O2. The van der Waals surface area contributed by atoms with Gasteiger partial charge in [0.25, 0.3) is 0 Å². The predicted molar refractivity (Wildman–Crippen MR) is 70.6 cm³/mol. The van der Waals surface area contributed by atoms with Crippen molar-refractivity contribution in [1.29, 1.82) is 0 Å². The molecule has 0 fully saturated rings. The second kappa shape index (κ2) is 6.67. The number of rotatable bonds is 2. The van der Waals surface area contributed by atoms with Gasteiger partial charge in [0, 0.05) is 5.56 Å². The first-order chi connectivity index (χ1) is 12.0. The minimum Gasteiger partial charge on any atom is -0.416 e. The fraction of sp³-hybridized carbons (Fsp3) is 0.0625. The van der Waals surface area contributed by atoms with Crippen molar-refractivity contribution in [3.05, 3.63) is 64.0 Å². The van der Waals surface area contributed by atoms with Gasteiger partial charge in [0.2, 0.25) is 34.8 Å². The number of esters is 1. The number of benzene rings is 2. The Hall–Kier alpha value is -3.09. The maximum atomic E-state index is 13.5. The number of terminal acetylenes is 1. The fourth-order valence-corrected chi connectivity index (χ4v) is 1.82. The van der Waals surface area contributed by atoms with E-state index < -0.39 is 63.7 Å². The van der Waals surface area contributed by atoms with Crippen molar-refractivity contribution in [2.45, 2.75) is 6.18 Å². The number of halogens is 8. The normalized spacial score (nSPS) is 11.2. The Morgan fingerprint density at radius 3 is 1.85 bits per heavy atom. The summed E-state index contributed by atoms with van der Waals surface area (Å²) in [7, 11) is 0. The Balaban J connectivity index is 2.52. The van der Waals surface area contributed by atoms with Gasteiger partial charge in [0.15, 0.2) is 0 Å². The van der Waals surface area contributed by atoms with Crippen LogP contribution in [-0.2, 0) is 6.18 Å². The highest BCUT2D eigenvalue weighted by Crippen LogP contribution is 2.32. The number of alkyl halides is 3. The number of carbonyl (C=O) groups is 1. The van der Waals surface area contributed by atoms with Crippen LogP contribution in [0.2, 0.25) is 0 Å². The van der Waals surface area contributed by atoms with Crippen molar-refractivity contribution in [2.24, 2.45) is 0 Å². The van der Waals surface area contributed by atoms with Crippen LogP contribution < -0.4 is 4.74 Å². The molecule has 0 saturated carbocycles. The van der Waals surface area contributed by atoms with E-state index in [2.05, 4.69) is 4.74 Å². The summed E-state index contributed by atoms with van der Waals surface area (Å²) in [5.74, 6) is -14.1. The molecular weight excluding hydrogens is 376 g/mol. The number of hydrogen-bond acceptors (Lipinski definition) is 2. The summed E-state index contributed by atoms with van der Waals surface area (Å²) < 4.78 is 108. The van der Waals surface area contributed by atoms with Crippen LogP contribution in [0.15, 0.2) is 18.2 Å².